The molecule has 1 atom stereocenters. The molecule has 1 unspecified atom stereocenters. The Kier molecular flexibility index (Phi) is 4.54. The summed E-state index contributed by atoms with van der Waals surface area (Å²) in [6, 6.07) is 0.346. The van der Waals surface area contributed by atoms with Crippen LogP contribution in [-0.2, 0) is 4.79 Å². The first-order valence-corrected chi connectivity index (χ1v) is 5.68. The molecule has 0 saturated carbocycles. The number of hydrogen-bond donors (Lipinski definition) is 1. The number of likely N-dealkylation sites (tertiary alicyclic amines) is 1. The van der Waals surface area contributed by atoms with Crippen molar-refractivity contribution in [1.29, 1.82) is 0 Å². The summed E-state index contributed by atoms with van der Waals surface area (Å²) in [5.74, 6) is 0.201. The molecule has 1 heterocycles. The van der Waals surface area contributed by atoms with Crippen molar-refractivity contribution in [2.45, 2.75) is 31.8 Å². The predicted molar refractivity (Wildman–Crippen MR) is 61.8 cm³/mol. The van der Waals surface area contributed by atoms with Crippen molar-refractivity contribution in [2.75, 3.05) is 34.2 Å². The Morgan fingerprint density at radius 2 is 2.00 bits per heavy atom. The molecule has 1 fully saturated rings. The Morgan fingerprint density at radius 3 is 2.47 bits per heavy atom. The van der Waals surface area contributed by atoms with Crippen molar-refractivity contribution in [1.82, 2.24) is 15.1 Å². The molecule has 0 aromatic heterocycles. The fourth-order valence-corrected chi connectivity index (χ4v) is 1.99. The number of nitrogens with zero attached hydrogens (tertiary/aromatic N) is 2. The summed E-state index contributed by atoms with van der Waals surface area (Å²) in [7, 11) is 5.88. The minimum atomic E-state index is -0.0744. The fourth-order valence-electron chi connectivity index (χ4n) is 1.99. The van der Waals surface area contributed by atoms with E-state index in [-0.39, 0.29) is 11.9 Å². The van der Waals surface area contributed by atoms with Crippen molar-refractivity contribution in [3.8, 4) is 0 Å². The SMILES string of the molecule is CNC(C)C(=O)N(C)C1CCN(C)CC1. The van der Waals surface area contributed by atoms with Crippen LogP contribution in [0.1, 0.15) is 19.8 Å². The van der Waals surface area contributed by atoms with E-state index in [1.165, 1.54) is 0 Å². The van der Waals surface area contributed by atoms with Gasteiger partial charge in [-0.05, 0) is 47.0 Å². The summed E-state index contributed by atoms with van der Waals surface area (Å²) in [6.07, 6.45) is 2.18. The number of rotatable bonds is 3. The first kappa shape index (κ1) is 12.5. The van der Waals surface area contributed by atoms with E-state index in [0.29, 0.717) is 6.04 Å². The summed E-state index contributed by atoms with van der Waals surface area (Å²) in [5, 5.41) is 2.99. The fraction of sp³-hybridized carbons (Fsp3) is 0.909. The molecule has 1 aliphatic heterocycles. The molecule has 1 amide bonds. The monoisotopic (exact) mass is 213 g/mol. The molecular formula is C11H23N3O. The van der Waals surface area contributed by atoms with E-state index in [1.807, 2.05) is 25.9 Å². The summed E-state index contributed by atoms with van der Waals surface area (Å²) in [5.41, 5.74) is 0. The van der Waals surface area contributed by atoms with Crippen molar-refractivity contribution in [2.24, 2.45) is 0 Å². The molecule has 1 N–H and O–H groups in total. The third kappa shape index (κ3) is 3.18. The molecule has 1 rings (SSSR count). The Bertz CT molecular complexity index is 212. The second kappa shape index (κ2) is 5.47. The first-order valence-electron chi connectivity index (χ1n) is 5.68. The first-order chi connectivity index (χ1) is 7.06. The van der Waals surface area contributed by atoms with Gasteiger partial charge in [0.2, 0.25) is 5.91 Å². The Balaban J connectivity index is 2.46. The number of piperidine rings is 1. The largest absolute Gasteiger partial charge is 0.341 e. The van der Waals surface area contributed by atoms with Gasteiger partial charge in [0.25, 0.3) is 0 Å². The molecule has 0 aromatic rings. The molecule has 4 heteroatoms. The van der Waals surface area contributed by atoms with Crippen LogP contribution in [0.3, 0.4) is 0 Å². The highest BCUT2D eigenvalue weighted by Gasteiger charge is 2.25. The number of nitrogens with one attached hydrogen (secondary N) is 1. The number of carbonyl (C=O) groups is 1. The van der Waals surface area contributed by atoms with Gasteiger partial charge in [-0.2, -0.15) is 0 Å². The average molecular weight is 213 g/mol. The smallest absolute Gasteiger partial charge is 0.239 e. The van der Waals surface area contributed by atoms with Crippen LogP contribution >= 0.6 is 0 Å². The quantitative estimate of drug-likeness (QED) is 0.725. The minimum absolute atomic E-state index is 0.0744. The van der Waals surface area contributed by atoms with E-state index >= 15 is 0 Å². The molecule has 0 aliphatic carbocycles. The summed E-state index contributed by atoms with van der Waals surface area (Å²) < 4.78 is 0. The number of likely N-dealkylation sites (N-methyl/N-ethyl adjacent to an activating group) is 2. The molecule has 0 radical (unpaired) electrons. The van der Waals surface area contributed by atoms with Crippen molar-refractivity contribution in [3.05, 3.63) is 0 Å². The van der Waals surface area contributed by atoms with Gasteiger partial charge >= 0.3 is 0 Å². The Labute approximate surface area is 92.6 Å². The van der Waals surface area contributed by atoms with E-state index in [4.69, 9.17) is 0 Å². The molecule has 88 valence electrons. The standard InChI is InChI=1S/C11H23N3O/c1-9(12-2)11(15)14(4)10-5-7-13(3)8-6-10/h9-10,12H,5-8H2,1-4H3. The lowest BCUT2D eigenvalue weighted by Gasteiger charge is -2.36. The van der Waals surface area contributed by atoms with Gasteiger partial charge in [0.05, 0.1) is 6.04 Å². The number of hydrogen-bond acceptors (Lipinski definition) is 3. The van der Waals surface area contributed by atoms with Crippen molar-refractivity contribution >= 4 is 5.91 Å². The van der Waals surface area contributed by atoms with Gasteiger partial charge in [-0.25, -0.2) is 0 Å². The highest BCUT2D eigenvalue weighted by atomic mass is 16.2. The van der Waals surface area contributed by atoms with Crippen LogP contribution in [-0.4, -0.2) is 62.0 Å². The third-order valence-corrected chi connectivity index (χ3v) is 3.39. The summed E-state index contributed by atoms with van der Waals surface area (Å²) >= 11 is 0. The van der Waals surface area contributed by atoms with E-state index in [9.17, 15) is 4.79 Å². The molecule has 0 bridgehead atoms. The second-order valence-electron chi connectivity index (χ2n) is 4.49. The molecule has 1 saturated heterocycles. The summed E-state index contributed by atoms with van der Waals surface area (Å²) in [6.45, 7) is 4.10. The second-order valence-corrected chi connectivity index (χ2v) is 4.49. The van der Waals surface area contributed by atoms with E-state index in [0.717, 1.165) is 25.9 Å². The van der Waals surface area contributed by atoms with E-state index in [2.05, 4.69) is 17.3 Å². The maximum Gasteiger partial charge on any atom is 0.239 e. The lowest BCUT2D eigenvalue weighted by atomic mass is 10.0. The predicted octanol–water partition coefficient (Wildman–Crippen LogP) is 0.147. The zero-order valence-electron chi connectivity index (χ0n) is 10.3. The molecular weight excluding hydrogens is 190 g/mol. The zero-order valence-corrected chi connectivity index (χ0v) is 10.3. The highest BCUT2D eigenvalue weighted by molar-refractivity contribution is 5.81. The topological polar surface area (TPSA) is 35.6 Å². The van der Waals surface area contributed by atoms with Crippen LogP contribution in [0.2, 0.25) is 0 Å². The van der Waals surface area contributed by atoms with Gasteiger partial charge in [0.15, 0.2) is 0 Å². The number of amides is 1. The van der Waals surface area contributed by atoms with Crippen LogP contribution in [0.15, 0.2) is 0 Å². The van der Waals surface area contributed by atoms with Crippen LogP contribution in [0.4, 0.5) is 0 Å². The molecule has 0 spiro atoms. The zero-order chi connectivity index (χ0) is 11.4. The van der Waals surface area contributed by atoms with Crippen LogP contribution in [0.25, 0.3) is 0 Å². The maximum atomic E-state index is 11.9. The van der Waals surface area contributed by atoms with Crippen molar-refractivity contribution in [3.63, 3.8) is 0 Å². The molecule has 0 aromatic carbocycles. The summed E-state index contributed by atoms with van der Waals surface area (Å²) in [4.78, 5) is 16.1. The minimum Gasteiger partial charge on any atom is -0.341 e. The van der Waals surface area contributed by atoms with E-state index < -0.39 is 0 Å². The number of carbonyl (C=O) groups excluding carboxylic acids is 1. The molecule has 15 heavy (non-hydrogen) atoms. The van der Waals surface area contributed by atoms with Gasteiger partial charge in [-0.15, -0.1) is 0 Å². The average Bonchev–Trinajstić information content (AvgIpc) is 2.27. The Morgan fingerprint density at radius 1 is 1.47 bits per heavy atom. The van der Waals surface area contributed by atoms with Crippen LogP contribution < -0.4 is 5.32 Å². The van der Waals surface area contributed by atoms with Gasteiger partial charge in [0.1, 0.15) is 0 Å². The molecule has 4 nitrogen and oxygen atoms in total. The maximum absolute atomic E-state index is 11.9. The van der Waals surface area contributed by atoms with E-state index in [1.54, 1.807) is 0 Å². The van der Waals surface area contributed by atoms with Crippen LogP contribution in [0, 0.1) is 0 Å². The van der Waals surface area contributed by atoms with Gasteiger partial charge in [-0.1, -0.05) is 0 Å². The van der Waals surface area contributed by atoms with Crippen molar-refractivity contribution < 1.29 is 4.79 Å². The lowest BCUT2D eigenvalue weighted by molar-refractivity contribution is -0.134. The van der Waals surface area contributed by atoms with Gasteiger partial charge in [0, 0.05) is 13.1 Å². The Hall–Kier alpha value is -0.610. The highest BCUT2D eigenvalue weighted by Crippen LogP contribution is 2.14. The lowest BCUT2D eigenvalue weighted by Crippen LogP contribution is -2.49. The third-order valence-electron chi connectivity index (χ3n) is 3.39. The normalized spacial score (nSPS) is 21.3. The van der Waals surface area contributed by atoms with Gasteiger partial charge in [-0.3, -0.25) is 4.79 Å². The van der Waals surface area contributed by atoms with Crippen LogP contribution in [0.5, 0.6) is 0 Å². The molecule has 1 aliphatic rings. The van der Waals surface area contributed by atoms with Gasteiger partial charge < -0.3 is 15.1 Å².